The Kier molecular flexibility index (Phi) is 8.12. The van der Waals surface area contributed by atoms with Gasteiger partial charge in [0.15, 0.2) is 0 Å². The third kappa shape index (κ3) is 5.34. The number of hydrogen-bond acceptors (Lipinski definition) is 4. The number of carbonyl (C=O) groups excluding carboxylic acids is 4. The third-order valence-corrected chi connectivity index (χ3v) is 10.4. The highest BCUT2D eigenvalue weighted by Gasteiger charge is 2.55. The second-order valence-electron chi connectivity index (χ2n) is 13.5. The SMILES string of the molecule is Cc1cc(C)c(C(c2cc(C)c(N3C(=O)c4ccc(C(C)(c5ccc6c(c5)C(=O)N(C)C6=O)C(F)(F)F)cc4C3=O)cc2C)C(F)(F)F)cc1C. The molecule has 12 heteroatoms. The molecule has 0 spiro atoms. The molecule has 0 radical (unpaired) electrons. The summed E-state index contributed by atoms with van der Waals surface area (Å²) in [7, 11) is 1.22. The summed E-state index contributed by atoms with van der Waals surface area (Å²) in [5, 5.41) is 0. The number of fused-ring (bicyclic) bond motifs is 2. The smallest absolute Gasteiger partial charge is 0.277 e. The Labute approximate surface area is 289 Å². The van der Waals surface area contributed by atoms with Crippen LogP contribution in [-0.4, -0.2) is 47.9 Å². The van der Waals surface area contributed by atoms with Crippen molar-refractivity contribution in [2.45, 2.75) is 65.2 Å². The molecule has 0 saturated carbocycles. The van der Waals surface area contributed by atoms with Crippen LogP contribution in [0, 0.1) is 34.6 Å². The Hall–Kier alpha value is -5.26. The lowest BCUT2D eigenvalue weighted by atomic mass is 9.74. The van der Waals surface area contributed by atoms with Crippen molar-refractivity contribution in [3.63, 3.8) is 0 Å². The Morgan fingerprint density at radius 1 is 0.529 bits per heavy atom. The van der Waals surface area contributed by atoms with Crippen molar-refractivity contribution in [2.75, 3.05) is 11.9 Å². The van der Waals surface area contributed by atoms with Crippen LogP contribution in [0.15, 0.2) is 60.7 Å². The molecule has 0 bridgehead atoms. The summed E-state index contributed by atoms with van der Waals surface area (Å²) in [6.45, 7) is 8.94. The number of benzene rings is 4. The van der Waals surface area contributed by atoms with E-state index in [-0.39, 0.29) is 55.8 Å². The fraction of sp³-hybridized carbons (Fsp3) is 0.282. The molecule has 0 saturated heterocycles. The summed E-state index contributed by atoms with van der Waals surface area (Å²) in [6.07, 6.45) is -9.65. The first-order chi connectivity index (χ1) is 23.6. The van der Waals surface area contributed by atoms with Crippen LogP contribution < -0.4 is 4.90 Å². The molecule has 6 nitrogen and oxygen atoms in total. The molecule has 0 fully saturated rings. The van der Waals surface area contributed by atoms with E-state index in [1.165, 1.54) is 39.1 Å². The maximum atomic E-state index is 15.0. The van der Waals surface area contributed by atoms with E-state index in [2.05, 4.69) is 0 Å². The minimum Gasteiger partial charge on any atom is -0.277 e. The highest BCUT2D eigenvalue weighted by Crippen LogP contribution is 2.49. The molecule has 0 aromatic heterocycles. The highest BCUT2D eigenvalue weighted by molar-refractivity contribution is 6.34. The van der Waals surface area contributed by atoms with Crippen molar-refractivity contribution in [1.29, 1.82) is 0 Å². The molecule has 2 aliphatic heterocycles. The Morgan fingerprint density at radius 2 is 0.961 bits per heavy atom. The molecular weight excluding hydrogens is 674 g/mol. The van der Waals surface area contributed by atoms with E-state index in [1.807, 2.05) is 6.92 Å². The zero-order chi connectivity index (χ0) is 37.7. The van der Waals surface area contributed by atoms with Crippen LogP contribution in [0.4, 0.5) is 32.0 Å². The van der Waals surface area contributed by atoms with Gasteiger partial charge in [-0.1, -0.05) is 30.3 Å². The van der Waals surface area contributed by atoms with Gasteiger partial charge in [-0.05, 0) is 122 Å². The van der Waals surface area contributed by atoms with Gasteiger partial charge in [0, 0.05) is 7.05 Å². The van der Waals surface area contributed by atoms with Crippen LogP contribution in [-0.2, 0) is 5.41 Å². The molecule has 51 heavy (non-hydrogen) atoms. The summed E-state index contributed by atoms with van der Waals surface area (Å²) in [6, 6.07) is 12.3. The van der Waals surface area contributed by atoms with E-state index < -0.39 is 52.9 Å². The predicted molar refractivity (Wildman–Crippen MR) is 177 cm³/mol. The first-order valence-corrected chi connectivity index (χ1v) is 15.9. The zero-order valence-corrected chi connectivity index (χ0v) is 28.6. The van der Waals surface area contributed by atoms with Gasteiger partial charge >= 0.3 is 12.4 Å². The number of imide groups is 2. The number of aryl methyl sites for hydroxylation is 5. The topological polar surface area (TPSA) is 74.8 Å². The number of rotatable bonds is 5. The molecular formula is C39H32F6N2O4. The second kappa shape index (κ2) is 11.6. The van der Waals surface area contributed by atoms with Gasteiger partial charge in [0.25, 0.3) is 23.6 Å². The van der Waals surface area contributed by atoms with Crippen LogP contribution in [0.5, 0.6) is 0 Å². The minimum absolute atomic E-state index is 0.00578. The van der Waals surface area contributed by atoms with Crippen LogP contribution in [0.25, 0.3) is 0 Å². The number of anilines is 1. The molecule has 2 aliphatic rings. The monoisotopic (exact) mass is 706 g/mol. The van der Waals surface area contributed by atoms with Gasteiger partial charge in [-0.2, -0.15) is 26.3 Å². The average Bonchev–Trinajstić information content (AvgIpc) is 3.42. The maximum Gasteiger partial charge on any atom is 0.402 e. The molecule has 2 heterocycles. The summed E-state index contributed by atoms with van der Waals surface area (Å²) < 4.78 is 89.3. The van der Waals surface area contributed by atoms with E-state index in [4.69, 9.17) is 0 Å². The molecule has 4 amide bonds. The lowest BCUT2D eigenvalue weighted by Crippen LogP contribution is -2.41. The standard InChI is InChI=1S/C39H32F6N2O4/c1-18-12-20(3)27(13-19(18)2)32(38(40,41)42)28-14-22(5)31(15-21(28)4)47-35(50)26-11-9-24(17-30(26)36(47)51)37(6,39(43,44)45)23-8-10-25-29(16-23)34(49)46(7)33(25)48/h8-17,32H,1-7H3. The van der Waals surface area contributed by atoms with E-state index in [0.717, 1.165) is 58.7 Å². The van der Waals surface area contributed by atoms with Gasteiger partial charge in [0.05, 0.1) is 27.9 Å². The van der Waals surface area contributed by atoms with Crippen molar-refractivity contribution in [3.8, 4) is 0 Å². The summed E-state index contributed by atoms with van der Waals surface area (Å²) in [4.78, 5) is 54.1. The summed E-state index contributed by atoms with van der Waals surface area (Å²) in [5.74, 6) is -5.18. The molecule has 0 aliphatic carbocycles. The van der Waals surface area contributed by atoms with Gasteiger partial charge in [-0.3, -0.25) is 24.1 Å². The maximum absolute atomic E-state index is 15.0. The van der Waals surface area contributed by atoms with Gasteiger partial charge in [0.2, 0.25) is 0 Å². The van der Waals surface area contributed by atoms with Crippen molar-refractivity contribution in [1.82, 2.24) is 4.90 Å². The number of carbonyl (C=O) groups is 4. The number of halogens is 6. The van der Waals surface area contributed by atoms with Crippen LogP contribution in [0.1, 0.15) is 104 Å². The third-order valence-electron chi connectivity index (χ3n) is 10.4. The van der Waals surface area contributed by atoms with Gasteiger partial charge in [0.1, 0.15) is 11.3 Å². The number of amides is 4. The Balaban J connectivity index is 1.42. The normalized spacial score (nSPS) is 16.5. The largest absolute Gasteiger partial charge is 0.402 e. The first kappa shape index (κ1) is 35.6. The van der Waals surface area contributed by atoms with Crippen molar-refractivity contribution in [2.24, 2.45) is 0 Å². The van der Waals surface area contributed by atoms with Gasteiger partial charge < -0.3 is 0 Å². The molecule has 4 aromatic carbocycles. The van der Waals surface area contributed by atoms with Crippen molar-refractivity contribution in [3.05, 3.63) is 133 Å². The van der Waals surface area contributed by atoms with Crippen LogP contribution in [0.2, 0.25) is 0 Å². The minimum atomic E-state index is -4.97. The fourth-order valence-corrected chi connectivity index (χ4v) is 7.13. The lowest BCUT2D eigenvalue weighted by molar-refractivity contribution is -0.173. The van der Waals surface area contributed by atoms with E-state index in [1.54, 1.807) is 19.9 Å². The van der Waals surface area contributed by atoms with Crippen molar-refractivity contribution < 1.29 is 45.5 Å². The number of hydrogen-bond donors (Lipinski definition) is 0. The van der Waals surface area contributed by atoms with E-state index >= 15 is 13.2 Å². The summed E-state index contributed by atoms with van der Waals surface area (Å²) >= 11 is 0. The zero-order valence-electron chi connectivity index (χ0n) is 28.6. The molecule has 2 unspecified atom stereocenters. The molecule has 6 rings (SSSR count). The van der Waals surface area contributed by atoms with E-state index in [9.17, 15) is 32.3 Å². The van der Waals surface area contributed by atoms with Crippen LogP contribution in [0.3, 0.4) is 0 Å². The first-order valence-electron chi connectivity index (χ1n) is 15.9. The van der Waals surface area contributed by atoms with Crippen molar-refractivity contribution >= 4 is 29.3 Å². The molecule has 2 atom stereocenters. The lowest BCUT2D eigenvalue weighted by Gasteiger charge is -2.33. The number of alkyl halides is 6. The quantitative estimate of drug-likeness (QED) is 0.154. The average molecular weight is 707 g/mol. The van der Waals surface area contributed by atoms with Gasteiger partial charge in [-0.25, -0.2) is 4.90 Å². The van der Waals surface area contributed by atoms with Gasteiger partial charge in [-0.15, -0.1) is 0 Å². The molecule has 4 aromatic rings. The highest BCUT2D eigenvalue weighted by atomic mass is 19.4. The Bertz CT molecular complexity index is 2220. The number of nitrogens with zero attached hydrogens (tertiary/aromatic N) is 2. The fourth-order valence-electron chi connectivity index (χ4n) is 7.13. The molecule has 264 valence electrons. The summed E-state index contributed by atoms with van der Waals surface area (Å²) in [5.41, 5.74) is -1.92. The van der Waals surface area contributed by atoms with E-state index in [0.29, 0.717) is 11.1 Å². The van der Waals surface area contributed by atoms with Crippen LogP contribution >= 0.6 is 0 Å². The Morgan fingerprint density at radius 3 is 1.49 bits per heavy atom. The second-order valence-corrected chi connectivity index (χ2v) is 13.5. The predicted octanol–water partition coefficient (Wildman–Crippen LogP) is 8.82. The molecule has 0 N–H and O–H groups in total.